The van der Waals surface area contributed by atoms with E-state index in [4.69, 9.17) is 0 Å². The van der Waals surface area contributed by atoms with Gasteiger partial charge in [0.25, 0.3) is 0 Å². The van der Waals surface area contributed by atoms with Crippen LogP contribution in [0.5, 0.6) is 0 Å². The molecule has 0 radical (unpaired) electrons. The van der Waals surface area contributed by atoms with Crippen molar-refractivity contribution in [1.82, 2.24) is 0 Å². The number of hydrogen-bond acceptors (Lipinski definition) is 2. The molecule has 0 aliphatic heterocycles. The first-order valence-electron chi connectivity index (χ1n) is 7.04. The Morgan fingerprint density at radius 1 is 1.11 bits per heavy atom. The van der Waals surface area contributed by atoms with Crippen LogP contribution in [0.25, 0.3) is 0 Å². The number of aliphatic hydroxyl groups is 1. The summed E-state index contributed by atoms with van der Waals surface area (Å²) in [6.07, 6.45) is 5.61. The summed E-state index contributed by atoms with van der Waals surface area (Å²) in [7, 11) is 0. The zero-order chi connectivity index (χ0) is 13.0. The fraction of sp³-hybridized carbons (Fsp3) is 0.625. The Hall–Kier alpha value is -0.470. The van der Waals surface area contributed by atoms with Crippen LogP contribution < -0.4 is 0 Å². The van der Waals surface area contributed by atoms with Gasteiger partial charge in [-0.05, 0) is 36.5 Å². The van der Waals surface area contributed by atoms with E-state index in [0.29, 0.717) is 5.92 Å². The Balaban J connectivity index is 1.89. The molecule has 2 heteroatoms. The Bertz CT molecular complexity index is 363. The maximum absolute atomic E-state index is 10.5. The number of rotatable bonds is 4. The predicted molar refractivity (Wildman–Crippen MR) is 79.3 cm³/mol. The van der Waals surface area contributed by atoms with Gasteiger partial charge in [0.1, 0.15) is 0 Å². The quantitative estimate of drug-likeness (QED) is 0.802. The maximum Gasteiger partial charge on any atom is 0.0741 e. The Labute approximate surface area is 115 Å². The van der Waals surface area contributed by atoms with Crippen molar-refractivity contribution in [3.05, 3.63) is 29.8 Å². The maximum atomic E-state index is 10.5. The van der Waals surface area contributed by atoms with Crippen molar-refractivity contribution in [2.45, 2.75) is 62.4 Å². The summed E-state index contributed by atoms with van der Waals surface area (Å²) in [6.45, 7) is 4.43. The lowest BCUT2D eigenvalue weighted by molar-refractivity contribution is 0.0273. The van der Waals surface area contributed by atoms with Crippen molar-refractivity contribution in [3.8, 4) is 0 Å². The second-order valence-corrected chi connectivity index (χ2v) is 6.85. The predicted octanol–water partition coefficient (Wildman–Crippen LogP) is 4.60. The van der Waals surface area contributed by atoms with E-state index in [1.54, 1.807) is 11.8 Å². The van der Waals surface area contributed by atoms with Crippen LogP contribution >= 0.6 is 11.8 Å². The van der Waals surface area contributed by atoms with Crippen molar-refractivity contribution in [2.75, 3.05) is 5.75 Å². The highest BCUT2D eigenvalue weighted by atomic mass is 32.2. The van der Waals surface area contributed by atoms with Crippen molar-refractivity contribution >= 4 is 11.8 Å². The van der Waals surface area contributed by atoms with Crippen LogP contribution in [0.2, 0.25) is 0 Å². The van der Waals surface area contributed by atoms with Crippen molar-refractivity contribution in [1.29, 1.82) is 0 Å². The van der Waals surface area contributed by atoms with Gasteiger partial charge in [0, 0.05) is 10.6 Å². The van der Waals surface area contributed by atoms with E-state index in [0.717, 1.165) is 18.6 Å². The Morgan fingerprint density at radius 3 is 2.28 bits per heavy atom. The topological polar surface area (TPSA) is 20.2 Å². The number of benzene rings is 1. The van der Waals surface area contributed by atoms with Crippen molar-refractivity contribution < 1.29 is 5.11 Å². The third-order valence-electron chi connectivity index (χ3n) is 3.84. The average molecular weight is 264 g/mol. The summed E-state index contributed by atoms with van der Waals surface area (Å²) in [4.78, 5) is 1.28. The van der Waals surface area contributed by atoms with Crippen molar-refractivity contribution in [2.24, 2.45) is 0 Å². The molecule has 0 atom stereocenters. The molecule has 1 aromatic rings. The summed E-state index contributed by atoms with van der Waals surface area (Å²) >= 11 is 1.80. The van der Waals surface area contributed by atoms with Gasteiger partial charge in [-0.2, -0.15) is 0 Å². The molecule has 1 aliphatic carbocycles. The second-order valence-electron chi connectivity index (χ2n) is 5.80. The highest BCUT2D eigenvalue weighted by molar-refractivity contribution is 7.99. The van der Waals surface area contributed by atoms with Gasteiger partial charge >= 0.3 is 0 Å². The van der Waals surface area contributed by atoms with E-state index < -0.39 is 5.60 Å². The third kappa shape index (κ3) is 3.76. The lowest BCUT2D eigenvalue weighted by Crippen LogP contribution is -2.33. The molecule has 0 aromatic heterocycles. The number of thioether (sulfide) groups is 1. The SMILES string of the molecule is CC(C)c1ccc(SCC2(O)CCCCC2)cc1. The largest absolute Gasteiger partial charge is 0.389 e. The molecule has 1 N–H and O–H groups in total. The molecule has 0 amide bonds. The summed E-state index contributed by atoms with van der Waals surface area (Å²) in [5.74, 6) is 1.43. The van der Waals surface area contributed by atoms with Crippen molar-refractivity contribution in [3.63, 3.8) is 0 Å². The summed E-state index contributed by atoms with van der Waals surface area (Å²) in [5, 5.41) is 10.5. The summed E-state index contributed by atoms with van der Waals surface area (Å²) in [5.41, 5.74) is 0.968. The Kier molecular flexibility index (Phi) is 4.74. The molecular formula is C16H24OS. The fourth-order valence-corrected chi connectivity index (χ4v) is 3.57. The first kappa shape index (κ1) is 14.0. The van der Waals surface area contributed by atoms with Crippen LogP contribution in [-0.4, -0.2) is 16.5 Å². The zero-order valence-electron chi connectivity index (χ0n) is 11.5. The molecule has 0 unspecified atom stereocenters. The molecule has 100 valence electrons. The van der Waals surface area contributed by atoms with Gasteiger partial charge in [0.15, 0.2) is 0 Å². The van der Waals surface area contributed by atoms with Gasteiger partial charge in [0.05, 0.1) is 5.60 Å². The first-order valence-corrected chi connectivity index (χ1v) is 8.03. The van der Waals surface area contributed by atoms with Gasteiger partial charge in [0.2, 0.25) is 0 Å². The van der Waals surface area contributed by atoms with Crippen LogP contribution in [-0.2, 0) is 0 Å². The molecule has 0 heterocycles. The molecule has 1 nitrogen and oxygen atoms in total. The van der Waals surface area contributed by atoms with E-state index in [1.807, 2.05) is 0 Å². The normalized spacial score (nSPS) is 19.1. The minimum absolute atomic E-state index is 0.417. The van der Waals surface area contributed by atoms with Gasteiger partial charge in [-0.15, -0.1) is 11.8 Å². The molecule has 1 aliphatic rings. The van der Waals surface area contributed by atoms with Crippen LogP contribution in [0.15, 0.2) is 29.2 Å². The molecule has 0 saturated heterocycles. The lowest BCUT2D eigenvalue weighted by Gasteiger charge is -2.31. The summed E-state index contributed by atoms with van der Waals surface area (Å²) < 4.78 is 0. The van der Waals surface area contributed by atoms with E-state index in [2.05, 4.69) is 38.1 Å². The summed E-state index contributed by atoms with van der Waals surface area (Å²) in [6, 6.07) is 8.79. The van der Waals surface area contributed by atoms with Crippen LogP contribution in [0, 0.1) is 0 Å². The molecule has 0 spiro atoms. The molecule has 0 bridgehead atoms. The smallest absolute Gasteiger partial charge is 0.0741 e. The first-order chi connectivity index (χ1) is 8.59. The molecule has 1 fully saturated rings. The minimum atomic E-state index is -0.417. The van der Waals surface area contributed by atoms with E-state index in [1.165, 1.54) is 29.7 Å². The zero-order valence-corrected chi connectivity index (χ0v) is 12.3. The fourth-order valence-electron chi connectivity index (χ4n) is 2.52. The third-order valence-corrected chi connectivity index (χ3v) is 5.13. The number of hydrogen-bond donors (Lipinski definition) is 1. The van der Waals surface area contributed by atoms with Gasteiger partial charge in [-0.25, -0.2) is 0 Å². The van der Waals surface area contributed by atoms with Gasteiger partial charge in [-0.3, -0.25) is 0 Å². The molecule has 1 saturated carbocycles. The molecule has 2 rings (SSSR count). The van der Waals surface area contributed by atoms with Gasteiger partial charge in [-0.1, -0.05) is 45.2 Å². The molecule has 18 heavy (non-hydrogen) atoms. The highest BCUT2D eigenvalue weighted by Crippen LogP contribution is 2.33. The molecule has 1 aromatic carbocycles. The second kappa shape index (κ2) is 6.12. The van der Waals surface area contributed by atoms with Crippen LogP contribution in [0.4, 0.5) is 0 Å². The van der Waals surface area contributed by atoms with Crippen LogP contribution in [0.3, 0.4) is 0 Å². The van der Waals surface area contributed by atoms with E-state index in [-0.39, 0.29) is 0 Å². The average Bonchev–Trinajstić information content (AvgIpc) is 2.38. The molecular weight excluding hydrogens is 240 g/mol. The minimum Gasteiger partial charge on any atom is -0.389 e. The monoisotopic (exact) mass is 264 g/mol. The van der Waals surface area contributed by atoms with E-state index in [9.17, 15) is 5.11 Å². The Morgan fingerprint density at radius 2 is 1.72 bits per heavy atom. The van der Waals surface area contributed by atoms with Gasteiger partial charge < -0.3 is 5.11 Å². The standard InChI is InChI=1S/C16H24OS/c1-13(2)14-6-8-15(9-7-14)18-12-16(17)10-4-3-5-11-16/h6-9,13,17H,3-5,10-12H2,1-2H3. The van der Waals surface area contributed by atoms with Crippen LogP contribution in [0.1, 0.15) is 57.4 Å². The van der Waals surface area contributed by atoms with E-state index >= 15 is 0 Å². The highest BCUT2D eigenvalue weighted by Gasteiger charge is 2.28. The lowest BCUT2D eigenvalue weighted by atomic mass is 9.86.